The van der Waals surface area contributed by atoms with Crippen LogP contribution in [0.15, 0.2) is 22.9 Å². The van der Waals surface area contributed by atoms with E-state index in [1.54, 1.807) is 23.0 Å². The molecule has 0 N–H and O–H groups in total. The molecule has 2 aromatic heterocycles. The third-order valence-corrected chi connectivity index (χ3v) is 4.65. The van der Waals surface area contributed by atoms with E-state index in [2.05, 4.69) is 26.0 Å². The van der Waals surface area contributed by atoms with Crippen LogP contribution in [0.5, 0.6) is 0 Å². The highest BCUT2D eigenvalue weighted by Crippen LogP contribution is 2.26. The number of carbonyl (C=O) groups excluding carboxylic acids is 1. The van der Waals surface area contributed by atoms with Crippen molar-refractivity contribution in [3.63, 3.8) is 0 Å². The summed E-state index contributed by atoms with van der Waals surface area (Å²) in [5, 5.41) is 4.12. The standard InChI is InChI=1S/C14H15BrF3N5O/c1-21(12(24)6-14(16,17)18)9-2-4-22(8-9)11-3-5-23-13(20-11)10(15)7-19-23/h3,5,7,9H,2,4,6,8H2,1H3. The summed E-state index contributed by atoms with van der Waals surface area (Å²) in [6, 6.07) is 1.54. The molecule has 1 unspecified atom stereocenters. The largest absolute Gasteiger partial charge is 0.397 e. The minimum Gasteiger partial charge on any atom is -0.354 e. The second kappa shape index (κ2) is 6.23. The molecule has 10 heteroatoms. The number of likely N-dealkylation sites (N-methyl/N-ethyl adjacent to an activating group) is 1. The van der Waals surface area contributed by atoms with Crippen molar-refractivity contribution in [1.82, 2.24) is 19.5 Å². The SMILES string of the molecule is CN(C(=O)CC(F)(F)F)C1CCN(c2ccn3ncc(Br)c3n2)C1. The van der Waals surface area contributed by atoms with Crippen molar-refractivity contribution in [2.75, 3.05) is 25.0 Å². The van der Waals surface area contributed by atoms with Crippen molar-refractivity contribution < 1.29 is 18.0 Å². The van der Waals surface area contributed by atoms with Gasteiger partial charge in [-0.1, -0.05) is 0 Å². The Labute approximate surface area is 144 Å². The number of carbonyl (C=O) groups is 1. The molecule has 0 aliphatic carbocycles. The normalized spacial score (nSPS) is 18.4. The first-order valence-electron chi connectivity index (χ1n) is 7.32. The van der Waals surface area contributed by atoms with Crippen molar-refractivity contribution in [1.29, 1.82) is 0 Å². The Morgan fingerprint density at radius 1 is 1.50 bits per heavy atom. The number of hydrogen-bond acceptors (Lipinski definition) is 4. The molecule has 1 aliphatic rings. The zero-order valence-corrected chi connectivity index (χ0v) is 14.4. The summed E-state index contributed by atoms with van der Waals surface area (Å²) < 4.78 is 39.5. The minimum absolute atomic E-state index is 0.258. The molecule has 24 heavy (non-hydrogen) atoms. The number of hydrogen-bond donors (Lipinski definition) is 0. The number of aromatic nitrogens is 3. The number of rotatable bonds is 3. The van der Waals surface area contributed by atoms with E-state index >= 15 is 0 Å². The third kappa shape index (κ3) is 3.47. The molecule has 3 rings (SSSR count). The molecule has 1 fully saturated rings. The van der Waals surface area contributed by atoms with Crippen LogP contribution in [0.1, 0.15) is 12.8 Å². The first-order chi connectivity index (χ1) is 11.2. The van der Waals surface area contributed by atoms with Gasteiger partial charge in [0.25, 0.3) is 0 Å². The molecule has 0 aromatic carbocycles. The lowest BCUT2D eigenvalue weighted by atomic mass is 10.2. The van der Waals surface area contributed by atoms with Gasteiger partial charge in [0.15, 0.2) is 5.65 Å². The van der Waals surface area contributed by atoms with Crippen LogP contribution >= 0.6 is 15.9 Å². The van der Waals surface area contributed by atoms with Gasteiger partial charge in [0, 0.05) is 26.3 Å². The summed E-state index contributed by atoms with van der Waals surface area (Å²) in [6.07, 6.45) is -1.89. The molecular weight excluding hydrogens is 391 g/mol. The van der Waals surface area contributed by atoms with E-state index in [9.17, 15) is 18.0 Å². The summed E-state index contributed by atoms with van der Waals surface area (Å²) in [5.74, 6) is -0.195. The Bertz CT molecular complexity index is 762. The van der Waals surface area contributed by atoms with Crippen molar-refractivity contribution in [2.24, 2.45) is 0 Å². The Balaban J connectivity index is 1.70. The lowest BCUT2D eigenvalue weighted by Gasteiger charge is -2.25. The van der Waals surface area contributed by atoms with E-state index in [-0.39, 0.29) is 6.04 Å². The molecule has 0 bridgehead atoms. The van der Waals surface area contributed by atoms with Gasteiger partial charge in [-0.3, -0.25) is 4.79 Å². The second-order valence-corrected chi connectivity index (χ2v) is 6.59. The molecule has 1 amide bonds. The van der Waals surface area contributed by atoms with Crippen molar-refractivity contribution >= 4 is 33.3 Å². The lowest BCUT2D eigenvalue weighted by Crippen LogP contribution is -2.40. The highest BCUT2D eigenvalue weighted by molar-refractivity contribution is 9.10. The number of amides is 1. The number of alkyl halides is 3. The van der Waals surface area contributed by atoms with Crippen LogP contribution in [0.3, 0.4) is 0 Å². The number of anilines is 1. The predicted octanol–water partition coefficient (Wildman–Crippen LogP) is 2.48. The number of nitrogens with zero attached hydrogens (tertiary/aromatic N) is 5. The van der Waals surface area contributed by atoms with Gasteiger partial charge >= 0.3 is 6.18 Å². The van der Waals surface area contributed by atoms with Crippen LogP contribution < -0.4 is 4.90 Å². The molecule has 0 saturated carbocycles. The van der Waals surface area contributed by atoms with Gasteiger partial charge in [0.2, 0.25) is 5.91 Å². The first kappa shape index (κ1) is 17.0. The van der Waals surface area contributed by atoms with Crippen LogP contribution in [0.25, 0.3) is 5.65 Å². The molecular formula is C14H15BrF3N5O. The quantitative estimate of drug-likeness (QED) is 0.786. The topological polar surface area (TPSA) is 53.7 Å². The van der Waals surface area contributed by atoms with Crippen molar-refractivity contribution in [3.8, 4) is 0 Å². The maximum atomic E-state index is 12.4. The van der Waals surface area contributed by atoms with E-state index in [0.29, 0.717) is 31.0 Å². The van der Waals surface area contributed by atoms with E-state index in [1.807, 2.05) is 4.90 Å². The average molecular weight is 406 g/mol. The Morgan fingerprint density at radius 3 is 2.96 bits per heavy atom. The third-order valence-electron chi connectivity index (χ3n) is 4.09. The van der Waals surface area contributed by atoms with E-state index in [0.717, 1.165) is 4.47 Å². The summed E-state index contributed by atoms with van der Waals surface area (Å²) >= 11 is 3.37. The fraction of sp³-hybridized carbons (Fsp3) is 0.500. The summed E-state index contributed by atoms with van der Waals surface area (Å²) in [7, 11) is 1.42. The monoisotopic (exact) mass is 405 g/mol. The van der Waals surface area contributed by atoms with Gasteiger partial charge < -0.3 is 9.80 Å². The van der Waals surface area contributed by atoms with E-state index in [4.69, 9.17) is 0 Å². The highest BCUT2D eigenvalue weighted by Gasteiger charge is 2.36. The Hall–Kier alpha value is -1.84. The van der Waals surface area contributed by atoms with E-state index in [1.165, 1.54) is 11.9 Å². The maximum absolute atomic E-state index is 12.4. The highest BCUT2D eigenvalue weighted by atomic mass is 79.9. The zero-order chi connectivity index (χ0) is 17.5. The molecule has 130 valence electrons. The van der Waals surface area contributed by atoms with Gasteiger partial charge in [-0.05, 0) is 28.4 Å². The number of fused-ring (bicyclic) bond motifs is 1. The smallest absolute Gasteiger partial charge is 0.354 e. The predicted molar refractivity (Wildman–Crippen MR) is 84.7 cm³/mol. The molecule has 2 aromatic rings. The number of halogens is 4. The summed E-state index contributed by atoms with van der Waals surface area (Å²) in [6.45, 7) is 1.08. The van der Waals surface area contributed by atoms with Gasteiger partial charge in [0.05, 0.1) is 16.7 Å². The van der Waals surface area contributed by atoms with E-state index < -0.39 is 18.5 Å². The average Bonchev–Trinajstić information content (AvgIpc) is 3.12. The second-order valence-electron chi connectivity index (χ2n) is 5.73. The maximum Gasteiger partial charge on any atom is 0.397 e. The van der Waals surface area contributed by atoms with Gasteiger partial charge in [0.1, 0.15) is 12.2 Å². The Kier molecular flexibility index (Phi) is 4.41. The zero-order valence-electron chi connectivity index (χ0n) is 12.8. The summed E-state index contributed by atoms with van der Waals surface area (Å²) in [5.41, 5.74) is 0.664. The van der Waals surface area contributed by atoms with Crippen LogP contribution in [0.2, 0.25) is 0 Å². The van der Waals surface area contributed by atoms with Crippen LogP contribution in [0.4, 0.5) is 19.0 Å². The fourth-order valence-corrected chi connectivity index (χ4v) is 3.14. The van der Waals surface area contributed by atoms with Crippen molar-refractivity contribution in [3.05, 3.63) is 22.9 Å². The first-order valence-corrected chi connectivity index (χ1v) is 8.11. The van der Waals surface area contributed by atoms with Gasteiger partial charge in [-0.2, -0.15) is 18.3 Å². The molecule has 0 spiro atoms. The van der Waals surface area contributed by atoms with Gasteiger partial charge in [-0.15, -0.1) is 0 Å². The Morgan fingerprint density at radius 2 is 2.25 bits per heavy atom. The molecule has 1 aliphatic heterocycles. The minimum atomic E-state index is -4.48. The fourth-order valence-electron chi connectivity index (χ4n) is 2.77. The van der Waals surface area contributed by atoms with Crippen LogP contribution in [-0.2, 0) is 4.79 Å². The van der Waals surface area contributed by atoms with Crippen molar-refractivity contribution in [2.45, 2.75) is 25.1 Å². The lowest BCUT2D eigenvalue weighted by molar-refractivity contribution is -0.161. The van der Waals surface area contributed by atoms with Gasteiger partial charge in [-0.25, -0.2) is 9.50 Å². The van der Waals surface area contributed by atoms with Crippen LogP contribution in [0, 0.1) is 0 Å². The molecule has 3 heterocycles. The molecule has 1 saturated heterocycles. The molecule has 1 atom stereocenters. The summed E-state index contributed by atoms with van der Waals surface area (Å²) in [4.78, 5) is 19.4. The molecule has 6 nitrogen and oxygen atoms in total. The van der Waals surface area contributed by atoms with Crippen LogP contribution in [-0.4, -0.2) is 57.8 Å². The molecule has 0 radical (unpaired) electrons.